The molecule has 0 radical (unpaired) electrons. The normalized spacial score (nSPS) is 16.0. The third kappa shape index (κ3) is 9.45. The zero-order valence-electron chi connectivity index (χ0n) is 16.5. The number of nitrogens with zero attached hydrogens (tertiary/aromatic N) is 2. The number of methoxy groups -OCH3 is 1. The molecule has 0 aliphatic carbocycles. The van der Waals surface area contributed by atoms with Crippen molar-refractivity contribution < 1.29 is 4.74 Å². The topological polar surface area (TPSA) is 48.9 Å². The first kappa shape index (κ1) is 24.5. The minimum Gasteiger partial charge on any atom is -0.383 e. The summed E-state index contributed by atoms with van der Waals surface area (Å²) in [6.45, 7) is 8.85. The van der Waals surface area contributed by atoms with Gasteiger partial charge in [0.05, 0.1) is 6.61 Å². The van der Waals surface area contributed by atoms with Gasteiger partial charge in [0, 0.05) is 38.3 Å². The summed E-state index contributed by atoms with van der Waals surface area (Å²) in [7, 11) is 1.77. The van der Waals surface area contributed by atoms with Gasteiger partial charge in [-0.3, -0.25) is 4.99 Å². The lowest BCUT2D eigenvalue weighted by molar-refractivity contribution is 0.121. The second-order valence-corrected chi connectivity index (χ2v) is 7.17. The lowest BCUT2D eigenvalue weighted by Gasteiger charge is -2.31. The van der Waals surface area contributed by atoms with Gasteiger partial charge in [0.1, 0.15) is 0 Å². The van der Waals surface area contributed by atoms with E-state index in [9.17, 15) is 0 Å². The van der Waals surface area contributed by atoms with Crippen LogP contribution in [0.4, 0.5) is 0 Å². The Morgan fingerprint density at radius 2 is 2.00 bits per heavy atom. The van der Waals surface area contributed by atoms with E-state index in [-0.39, 0.29) is 24.0 Å². The number of rotatable bonds is 9. The molecule has 27 heavy (non-hydrogen) atoms. The molecule has 0 atom stereocenters. The van der Waals surface area contributed by atoms with Gasteiger partial charge in [0.2, 0.25) is 0 Å². The van der Waals surface area contributed by atoms with Crippen molar-refractivity contribution in [3.05, 3.63) is 34.9 Å². The molecule has 0 aromatic heterocycles. The van der Waals surface area contributed by atoms with Crippen molar-refractivity contribution in [2.45, 2.75) is 26.2 Å². The molecule has 1 heterocycles. The Kier molecular flexibility index (Phi) is 13.1. The Morgan fingerprint density at radius 1 is 1.26 bits per heavy atom. The molecule has 2 N–H and O–H groups in total. The van der Waals surface area contributed by atoms with Crippen LogP contribution in [0.3, 0.4) is 0 Å². The lowest BCUT2D eigenvalue weighted by Crippen LogP contribution is -2.40. The van der Waals surface area contributed by atoms with Gasteiger partial charge in [-0.05, 0) is 56.8 Å². The molecule has 1 aromatic rings. The van der Waals surface area contributed by atoms with Crippen LogP contribution in [0.5, 0.6) is 0 Å². The van der Waals surface area contributed by atoms with Crippen LogP contribution in [0.1, 0.15) is 25.3 Å². The van der Waals surface area contributed by atoms with E-state index in [0.29, 0.717) is 5.92 Å². The monoisotopic (exact) mass is 508 g/mol. The molecule has 7 heteroatoms. The number of piperidine rings is 1. The second kappa shape index (κ2) is 14.4. The summed E-state index contributed by atoms with van der Waals surface area (Å²) in [5, 5.41) is 7.59. The van der Waals surface area contributed by atoms with E-state index in [1.165, 1.54) is 18.4 Å². The van der Waals surface area contributed by atoms with Crippen LogP contribution in [0.25, 0.3) is 0 Å². The smallest absolute Gasteiger partial charge is 0.191 e. The summed E-state index contributed by atoms with van der Waals surface area (Å²) >= 11 is 6.22. The van der Waals surface area contributed by atoms with Gasteiger partial charge < -0.3 is 20.3 Å². The average Bonchev–Trinajstić information content (AvgIpc) is 2.67. The fraction of sp³-hybridized carbons (Fsp3) is 0.650. The molecule has 1 aromatic carbocycles. The first-order valence-electron chi connectivity index (χ1n) is 9.69. The van der Waals surface area contributed by atoms with Crippen LogP contribution in [0.15, 0.2) is 29.3 Å². The zero-order chi connectivity index (χ0) is 18.6. The average molecular weight is 509 g/mol. The summed E-state index contributed by atoms with van der Waals surface area (Å²) in [5.41, 5.74) is 1.17. The van der Waals surface area contributed by atoms with E-state index >= 15 is 0 Å². The van der Waals surface area contributed by atoms with Gasteiger partial charge in [-0.2, -0.15) is 0 Å². The largest absolute Gasteiger partial charge is 0.383 e. The van der Waals surface area contributed by atoms with E-state index in [1.54, 1.807) is 7.11 Å². The van der Waals surface area contributed by atoms with E-state index in [2.05, 4.69) is 28.5 Å². The number of hydrogen-bond donors (Lipinski definition) is 2. The summed E-state index contributed by atoms with van der Waals surface area (Å²) in [5.74, 6) is 1.58. The van der Waals surface area contributed by atoms with Crippen molar-refractivity contribution in [2.24, 2.45) is 10.9 Å². The summed E-state index contributed by atoms with van der Waals surface area (Å²) in [4.78, 5) is 7.28. The molecule has 0 unspecified atom stereocenters. The maximum atomic E-state index is 6.22. The van der Waals surface area contributed by atoms with Gasteiger partial charge in [0.25, 0.3) is 0 Å². The van der Waals surface area contributed by atoms with Crippen molar-refractivity contribution in [1.29, 1.82) is 0 Å². The fourth-order valence-electron chi connectivity index (χ4n) is 3.19. The van der Waals surface area contributed by atoms with E-state index in [1.807, 2.05) is 18.2 Å². The Balaban J connectivity index is 0.00000364. The molecule has 1 saturated heterocycles. The number of likely N-dealkylation sites (tertiary alicyclic amines) is 1. The predicted octanol–water partition coefficient (Wildman–Crippen LogP) is 3.41. The molecular formula is C20H34ClIN4O. The molecule has 0 amide bonds. The number of guanidine groups is 1. The highest BCUT2D eigenvalue weighted by molar-refractivity contribution is 14.0. The number of halogens is 2. The first-order chi connectivity index (χ1) is 12.7. The molecule has 1 aliphatic rings. The maximum Gasteiger partial charge on any atom is 0.191 e. The minimum absolute atomic E-state index is 0. The van der Waals surface area contributed by atoms with Gasteiger partial charge >= 0.3 is 0 Å². The molecule has 1 fully saturated rings. The third-order valence-electron chi connectivity index (χ3n) is 4.82. The molecule has 1 aliphatic heterocycles. The van der Waals surface area contributed by atoms with E-state index in [0.717, 1.165) is 63.3 Å². The van der Waals surface area contributed by atoms with Crippen molar-refractivity contribution in [2.75, 3.05) is 53.0 Å². The Morgan fingerprint density at radius 3 is 2.67 bits per heavy atom. The van der Waals surface area contributed by atoms with Crippen LogP contribution in [0, 0.1) is 5.92 Å². The van der Waals surface area contributed by atoms with Crippen molar-refractivity contribution in [3.8, 4) is 0 Å². The predicted molar refractivity (Wildman–Crippen MR) is 126 cm³/mol. The molecular weight excluding hydrogens is 475 g/mol. The number of aliphatic imine (C=N–C) groups is 1. The maximum absolute atomic E-state index is 6.22. The Labute approximate surface area is 186 Å². The zero-order valence-corrected chi connectivity index (χ0v) is 19.6. The molecule has 0 spiro atoms. The van der Waals surface area contributed by atoms with Crippen LogP contribution < -0.4 is 10.6 Å². The van der Waals surface area contributed by atoms with Gasteiger partial charge in [-0.25, -0.2) is 0 Å². The fourth-order valence-corrected chi connectivity index (χ4v) is 3.42. The van der Waals surface area contributed by atoms with Crippen LogP contribution in [0.2, 0.25) is 5.02 Å². The molecule has 154 valence electrons. The summed E-state index contributed by atoms with van der Waals surface area (Å²) in [6.07, 6.45) is 3.32. The van der Waals surface area contributed by atoms with Gasteiger partial charge in [-0.15, -0.1) is 24.0 Å². The highest BCUT2D eigenvalue weighted by atomic mass is 127. The van der Waals surface area contributed by atoms with Crippen molar-refractivity contribution in [1.82, 2.24) is 15.5 Å². The number of benzene rings is 1. The number of ether oxygens (including phenoxy) is 1. The minimum atomic E-state index is 0. The third-order valence-corrected chi connectivity index (χ3v) is 5.18. The second-order valence-electron chi connectivity index (χ2n) is 6.77. The van der Waals surface area contributed by atoms with Crippen molar-refractivity contribution in [3.63, 3.8) is 0 Å². The number of nitrogens with one attached hydrogen (secondary N) is 2. The van der Waals surface area contributed by atoms with Gasteiger partial charge in [-0.1, -0.05) is 29.8 Å². The highest BCUT2D eigenvalue weighted by Gasteiger charge is 2.18. The Bertz CT molecular complexity index is 551. The van der Waals surface area contributed by atoms with Crippen molar-refractivity contribution >= 4 is 41.5 Å². The Hall–Kier alpha value is -0.570. The summed E-state index contributed by atoms with van der Waals surface area (Å²) in [6, 6.07) is 8.01. The van der Waals surface area contributed by atoms with Crippen LogP contribution in [-0.4, -0.2) is 63.8 Å². The standard InChI is InChI=1S/C20H33ClN4O.HI/c1-3-22-20(23-11-8-18-6-4-5-7-19(18)21)24-16-17-9-12-25(13-10-17)14-15-26-2;/h4-7,17H,3,8-16H2,1-2H3,(H2,22,23,24);1H. The molecule has 0 saturated carbocycles. The lowest BCUT2D eigenvalue weighted by atomic mass is 9.97. The summed E-state index contributed by atoms with van der Waals surface area (Å²) < 4.78 is 5.17. The molecule has 2 rings (SSSR count). The van der Waals surface area contributed by atoms with E-state index < -0.39 is 0 Å². The SMILES string of the molecule is CCNC(=NCC1CCN(CCOC)CC1)NCCc1ccccc1Cl.I. The quantitative estimate of drug-likeness (QED) is 0.305. The molecule has 0 bridgehead atoms. The van der Waals surface area contributed by atoms with Crippen LogP contribution >= 0.6 is 35.6 Å². The molecule has 5 nitrogen and oxygen atoms in total. The highest BCUT2D eigenvalue weighted by Crippen LogP contribution is 2.17. The number of hydrogen-bond acceptors (Lipinski definition) is 3. The van der Waals surface area contributed by atoms with Gasteiger partial charge in [0.15, 0.2) is 5.96 Å². The van der Waals surface area contributed by atoms with E-state index in [4.69, 9.17) is 21.3 Å². The van der Waals surface area contributed by atoms with Crippen LogP contribution in [-0.2, 0) is 11.2 Å². The first-order valence-corrected chi connectivity index (χ1v) is 10.1.